The molecule has 0 bridgehead atoms. The summed E-state index contributed by atoms with van der Waals surface area (Å²) in [5.74, 6) is 0. The maximum absolute atomic E-state index is 12.6. The topological polar surface area (TPSA) is 76.4 Å². The summed E-state index contributed by atoms with van der Waals surface area (Å²) < 4.78 is 29.1. The third-order valence-electron chi connectivity index (χ3n) is 3.62. The maximum Gasteiger partial charge on any atom is 0.242 e. The van der Waals surface area contributed by atoms with Crippen molar-refractivity contribution in [3.8, 4) is 6.19 Å². The molecule has 0 aromatic heterocycles. The monoisotopic (exact) mass is 464 g/mol. The Morgan fingerprint density at radius 1 is 1.43 bits per heavy atom. The number of likely N-dealkylation sites (tertiary alicyclic amines) is 1. The summed E-state index contributed by atoms with van der Waals surface area (Å²) in [6.07, 6.45) is 2.76. The molecule has 1 aliphatic heterocycles. The molecule has 1 fully saturated rings. The van der Waals surface area contributed by atoms with Crippen LogP contribution in [0.25, 0.3) is 0 Å². The minimum Gasteiger partial charge on any atom is -0.307 e. The summed E-state index contributed by atoms with van der Waals surface area (Å²) in [4.78, 5) is 3.83. The van der Waals surface area contributed by atoms with Crippen LogP contribution in [0.15, 0.2) is 32.0 Å². The van der Waals surface area contributed by atoms with E-state index in [0.717, 1.165) is 0 Å². The van der Waals surface area contributed by atoms with Crippen LogP contribution in [-0.4, -0.2) is 57.5 Å². The van der Waals surface area contributed by atoms with E-state index in [2.05, 4.69) is 42.8 Å². The van der Waals surface area contributed by atoms with E-state index in [1.54, 1.807) is 23.1 Å². The van der Waals surface area contributed by atoms with Crippen molar-refractivity contribution < 1.29 is 8.42 Å². The number of likely N-dealkylation sites (N-methyl/N-ethyl adjacent to an activating group) is 1. The molecule has 1 aromatic rings. The van der Waals surface area contributed by atoms with E-state index in [-0.39, 0.29) is 17.0 Å². The highest BCUT2D eigenvalue weighted by molar-refractivity contribution is 9.11. The number of benzene rings is 1. The number of halogens is 2. The first-order chi connectivity index (χ1) is 10.7. The summed E-state index contributed by atoms with van der Waals surface area (Å²) in [7, 11) is 0.215. The van der Waals surface area contributed by atoms with Crippen LogP contribution in [0.3, 0.4) is 0 Å². The lowest BCUT2D eigenvalue weighted by atomic mass is 10.2. The van der Waals surface area contributed by atoms with Crippen LogP contribution in [0, 0.1) is 11.5 Å². The fourth-order valence-electron chi connectivity index (χ4n) is 2.69. The first kappa shape index (κ1) is 18.7. The van der Waals surface area contributed by atoms with Gasteiger partial charge >= 0.3 is 0 Å². The molecule has 2 unspecified atom stereocenters. The van der Waals surface area contributed by atoms with E-state index >= 15 is 0 Å². The molecule has 0 radical (unpaired) electrons. The Bertz CT molecular complexity index is 718. The lowest BCUT2D eigenvalue weighted by molar-refractivity contribution is 0.274. The van der Waals surface area contributed by atoms with E-state index in [9.17, 15) is 13.7 Å². The Morgan fingerprint density at radius 2 is 2.13 bits per heavy atom. The number of nitriles is 1. The van der Waals surface area contributed by atoms with Crippen molar-refractivity contribution in [1.82, 2.24) is 14.5 Å². The van der Waals surface area contributed by atoms with Crippen LogP contribution in [0.4, 0.5) is 0 Å². The molecule has 0 spiro atoms. The predicted octanol–water partition coefficient (Wildman–Crippen LogP) is 1.98. The highest BCUT2D eigenvalue weighted by Gasteiger charge is 2.34. The maximum atomic E-state index is 12.6. The van der Waals surface area contributed by atoms with Crippen LogP contribution in [0.1, 0.15) is 6.42 Å². The van der Waals surface area contributed by atoms with Crippen molar-refractivity contribution in [2.75, 3.05) is 27.2 Å². The normalized spacial score (nSPS) is 21.7. The third-order valence-corrected chi connectivity index (χ3v) is 6.63. The van der Waals surface area contributed by atoms with Gasteiger partial charge in [0.25, 0.3) is 0 Å². The van der Waals surface area contributed by atoms with Gasteiger partial charge in [-0.25, -0.2) is 13.1 Å². The molecule has 0 aliphatic carbocycles. The Labute approximate surface area is 153 Å². The molecule has 1 aromatic carbocycles. The smallest absolute Gasteiger partial charge is 0.242 e. The molecule has 6 nitrogen and oxygen atoms in total. The molecule has 126 valence electrons. The van der Waals surface area contributed by atoms with Crippen LogP contribution in [0.2, 0.25) is 0 Å². The van der Waals surface area contributed by atoms with Gasteiger partial charge in [0.2, 0.25) is 10.0 Å². The average molecular weight is 466 g/mol. The van der Waals surface area contributed by atoms with Gasteiger partial charge in [-0.2, -0.15) is 5.26 Å². The Kier molecular flexibility index (Phi) is 6.08. The summed E-state index contributed by atoms with van der Waals surface area (Å²) in [5, 5.41) is 9.23. The van der Waals surface area contributed by atoms with Crippen molar-refractivity contribution >= 4 is 41.9 Å². The Hall–Kier alpha value is -0.660. The molecule has 1 N–H and O–H groups in total. The summed E-state index contributed by atoms with van der Waals surface area (Å²) in [6, 6.07) is 4.75. The zero-order valence-electron chi connectivity index (χ0n) is 12.8. The average Bonchev–Trinajstić information content (AvgIpc) is 2.81. The Balaban J connectivity index is 2.15. The minimum atomic E-state index is -3.66. The summed E-state index contributed by atoms with van der Waals surface area (Å²) in [5.41, 5.74) is 0. The molecular formula is C14H18Br2N4O2S. The number of sulfonamides is 1. The standard InChI is InChI=1S/C14H18Br2N4O2S/c1-19(2)8-12-6-11(7-20(12)9-17)18-23(21,22)14-5-10(15)3-4-13(14)16/h3-5,11-12,18H,6-8H2,1-2H3. The number of rotatable bonds is 5. The zero-order valence-corrected chi connectivity index (χ0v) is 16.8. The quantitative estimate of drug-likeness (QED) is 0.672. The second kappa shape index (κ2) is 7.49. The van der Waals surface area contributed by atoms with E-state index < -0.39 is 10.0 Å². The molecule has 1 saturated heterocycles. The van der Waals surface area contributed by atoms with Gasteiger partial charge in [-0.05, 0) is 54.6 Å². The van der Waals surface area contributed by atoms with Gasteiger partial charge in [0.05, 0.1) is 10.9 Å². The number of hydrogen-bond acceptors (Lipinski definition) is 5. The zero-order chi connectivity index (χ0) is 17.2. The molecule has 2 atom stereocenters. The molecular weight excluding hydrogens is 448 g/mol. The molecule has 1 aliphatic rings. The van der Waals surface area contributed by atoms with E-state index in [1.165, 1.54) is 0 Å². The van der Waals surface area contributed by atoms with Crippen LogP contribution in [-0.2, 0) is 10.0 Å². The lowest BCUT2D eigenvalue weighted by Crippen LogP contribution is -2.36. The summed E-state index contributed by atoms with van der Waals surface area (Å²) in [6.45, 7) is 1.10. The number of nitrogens with zero attached hydrogens (tertiary/aromatic N) is 3. The lowest BCUT2D eigenvalue weighted by Gasteiger charge is -2.21. The fourth-order valence-corrected chi connectivity index (χ4v) is 5.43. The van der Waals surface area contributed by atoms with Crippen molar-refractivity contribution in [2.45, 2.75) is 23.4 Å². The first-order valence-electron chi connectivity index (χ1n) is 7.01. The molecule has 0 amide bonds. The number of nitrogens with one attached hydrogen (secondary N) is 1. The van der Waals surface area contributed by atoms with E-state index in [0.29, 0.717) is 28.5 Å². The highest BCUT2D eigenvalue weighted by atomic mass is 79.9. The van der Waals surface area contributed by atoms with Crippen molar-refractivity contribution in [3.05, 3.63) is 27.1 Å². The Morgan fingerprint density at radius 3 is 2.74 bits per heavy atom. The molecule has 23 heavy (non-hydrogen) atoms. The first-order valence-corrected chi connectivity index (χ1v) is 10.1. The molecule has 2 rings (SSSR count). The van der Waals surface area contributed by atoms with Gasteiger partial charge in [0.15, 0.2) is 6.19 Å². The van der Waals surface area contributed by atoms with Crippen LogP contribution >= 0.6 is 31.9 Å². The second-order valence-electron chi connectivity index (χ2n) is 5.80. The van der Waals surface area contributed by atoms with Crippen molar-refractivity contribution in [1.29, 1.82) is 5.26 Å². The molecule has 0 saturated carbocycles. The second-order valence-corrected chi connectivity index (χ2v) is 9.25. The van der Waals surface area contributed by atoms with Gasteiger partial charge in [-0.15, -0.1) is 0 Å². The highest BCUT2D eigenvalue weighted by Crippen LogP contribution is 2.27. The van der Waals surface area contributed by atoms with Gasteiger partial charge in [-0.3, -0.25) is 0 Å². The van der Waals surface area contributed by atoms with Gasteiger partial charge in [-0.1, -0.05) is 15.9 Å². The van der Waals surface area contributed by atoms with Crippen molar-refractivity contribution in [3.63, 3.8) is 0 Å². The van der Waals surface area contributed by atoms with Gasteiger partial charge in [0, 0.05) is 28.1 Å². The van der Waals surface area contributed by atoms with Gasteiger partial charge in [0.1, 0.15) is 0 Å². The molecule has 9 heteroatoms. The van der Waals surface area contributed by atoms with Gasteiger partial charge < -0.3 is 9.80 Å². The predicted molar refractivity (Wildman–Crippen MR) is 95.2 cm³/mol. The largest absolute Gasteiger partial charge is 0.307 e. The van der Waals surface area contributed by atoms with E-state index in [4.69, 9.17) is 0 Å². The van der Waals surface area contributed by atoms with E-state index in [1.807, 2.05) is 19.0 Å². The summed E-state index contributed by atoms with van der Waals surface area (Å²) >= 11 is 6.57. The van der Waals surface area contributed by atoms with Crippen LogP contribution < -0.4 is 4.72 Å². The molecule has 1 heterocycles. The SMILES string of the molecule is CN(C)CC1CC(NS(=O)(=O)c2cc(Br)ccc2Br)CN1C#N. The third kappa shape index (κ3) is 4.67. The number of hydrogen-bond donors (Lipinski definition) is 1. The fraction of sp³-hybridized carbons (Fsp3) is 0.500. The van der Waals surface area contributed by atoms with Crippen LogP contribution in [0.5, 0.6) is 0 Å². The minimum absolute atomic E-state index is 0.0219. The van der Waals surface area contributed by atoms with Crippen molar-refractivity contribution in [2.24, 2.45) is 0 Å².